The SMILES string of the molecule is CC(C)Oc1[c]ccc(Cl)n1. The summed E-state index contributed by atoms with van der Waals surface area (Å²) in [5, 5.41) is 0.430. The van der Waals surface area contributed by atoms with Crippen LogP contribution in [0.5, 0.6) is 5.88 Å². The highest BCUT2D eigenvalue weighted by atomic mass is 35.5. The molecule has 0 amide bonds. The number of nitrogens with zero attached hydrogens (tertiary/aromatic N) is 1. The molecule has 0 aliphatic carbocycles. The molecule has 0 saturated heterocycles. The molecule has 11 heavy (non-hydrogen) atoms. The summed E-state index contributed by atoms with van der Waals surface area (Å²) in [6, 6.07) is 6.17. The predicted molar refractivity (Wildman–Crippen MR) is 43.8 cm³/mol. The molecule has 0 N–H and O–H groups in total. The lowest BCUT2D eigenvalue weighted by molar-refractivity contribution is 0.232. The van der Waals surface area contributed by atoms with Crippen molar-refractivity contribution in [1.82, 2.24) is 4.98 Å². The van der Waals surface area contributed by atoms with Gasteiger partial charge in [-0.3, -0.25) is 0 Å². The minimum atomic E-state index is 0.109. The molecule has 3 heteroatoms. The zero-order chi connectivity index (χ0) is 8.27. The maximum atomic E-state index is 5.62. The number of hydrogen-bond donors (Lipinski definition) is 0. The van der Waals surface area contributed by atoms with Crippen LogP contribution in [0.1, 0.15) is 13.8 Å². The van der Waals surface area contributed by atoms with Crippen molar-refractivity contribution >= 4 is 11.6 Å². The van der Waals surface area contributed by atoms with Crippen molar-refractivity contribution in [2.24, 2.45) is 0 Å². The quantitative estimate of drug-likeness (QED) is 0.636. The highest BCUT2D eigenvalue weighted by molar-refractivity contribution is 6.29. The number of halogens is 1. The van der Waals surface area contributed by atoms with Gasteiger partial charge in [0.25, 0.3) is 0 Å². The summed E-state index contributed by atoms with van der Waals surface area (Å²) in [6.07, 6.45) is 0.109. The highest BCUT2D eigenvalue weighted by Gasteiger charge is 1.98. The molecule has 1 heterocycles. The first-order valence-electron chi connectivity index (χ1n) is 3.39. The molecule has 0 bridgehead atoms. The molecule has 1 aromatic heterocycles. The molecular weight excluding hydrogens is 162 g/mol. The van der Waals surface area contributed by atoms with Gasteiger partial charge in [0.1, 0.15) is 5.15 Å². The number of hydrogen-bond acceptors (Lipinski definition) is 2. The molecule has 0 aliphatic rings. The Kier molecular flexibility index (Phi) is 2.71. The molecular formula is C8H9ClNO. The third-order valence-corrected chi connectivity index (χ3v) is 1.19. The van der Waals surface area contributed by atoms with E-state index in [9.17, 15) is 0 Å². The third-order valence-electron chi connectivity index (χ3n) is 0.983. The molecule has 1 rings (SSSR count). The summed E-state index contributed by atoms with van der Waals surface area (Å²) in [5.41, 5.74) is 0. The number of aromatic nitrogens is 1. The topological polar surface area (TPSA) is 22.1 Å². The average Bonchev–Trinajstić information content (AvgIpc) is 1.85. The van der Waals surface area contributed by atoms with Gasteiger partial charge in [0, 0.05) is 6.07 Å². The minimum absolute atomic E-state index is 0.109. The Labute approximate surface area is 71.2 Å². The summed E-state index contributed by atoms with van der Waals surface area (Å²) in [6.45, 7) is 3.85. The van der Waals surface area contributed by atoms with E-state index in [1.165, 1.54) is 0 Å². The van der Waals surface area contributed by atoms with Gasteiger partial charge in [0.05, 0.1) is 6.10 Å². The van der Waals surface area contributed by atoms with E-state index in [1.54, 1.807) is 12.1 Å². The molecule has 2 nitrogen and oxygen atoms in total. The van der Waals surface area contributed by atoms with Crippen molar-refractivity contribution in [1.29, 1.82) is 0 Å². The van der Waals surface area contributed by atoms with E-state index in [4.69, 9.17) is 16.3 Å². The van der Waals surface area contributed by atoms with Crippen molar-refractivity contribution in [2.45, 2.75) is 20.0 Å². The summed E-state index contributed by atoms with van der Waals surface area (Å²) < 4.78 is 5.24. The van der Waals surface area contributed by atoms with Gasteiger partial charge in [0.15, 0.2) is 0 Å². The normalized spacial score (nSPS) is 10.2. The van der Waals surface area contributed by atoms with Crippen LogP contribution in [-0.2, 0) is 0 Å². The Morgan fingerprint density at radius 2 is 2.36 bits per heavy atom. The van der Waals surface area contributed by atoms with Gasteiger partial charge < -0.3 is 4.74 Å². The first-order chi connectivity index (χ1) is 5.18. The van der Waals surface area contributed by atoms with Crippen LogP contribution in [0.4, 0.5) is 0 Å². The summed E-state index contributed by atoms with van der Waals surface area (Å²) in [4.78, 5) is 3.90. The van der Waals surface area contributed by atoms with E-state index in [0.717, 1.165) is 0 Å². The van der Waals surface area contributed by atoms with Crippen LogP contribution in [0.25, 0.3) is 0 Å². The molecule has 0 unspecified atom stereocenters. The van der Waals surface area contributed by atoms with Gasteiger partial charge in [-0.2, -0.15) is 0 Å². The monoisotopic (exact) mass is 170 g/mol. The van der Waals surface area contributed by atoms with E-state index in [-0.39, 0.29) is 6.10 Å². The van der Waals surface area contributed by atoms with Gasteiger partial charge in [-0.1, -0.05) is 11.6 Å². The van der Waals surface area contributed by atoms with Gasteiger partial charge in [-0.15, -0.1) is 0 Å². The van der Waals surface area contributed by atoms with E-state index < -0.39 is 0 Å². The fraction of sp³-hybridized carbons (Fsp3) is 0.375. The fourth-order valence-corrected chi connectivity index (χ4v) is 0.772. The van der Waals surface area contributed by atoms with Crippen LogP contribution in [0.2, 0.25) is 5.15 Å². The van der Waals surface area contributed by atoms with Crippen molar-refractivity contribution < 1.29 is 4.74 Å². The van der Waals surface area contributed by atoms with Crippen molar-refractivity contribution in [2.75, 3.05) is 0 Å². The fourth-order valence-electron chi connectivity index (χ4n) is 0.632. The Morgan fingerprint density at radius 3 is 2.91 bits per heavy atom. The van der Waals surface area contributed by atoms with E-state index in [1.807, 2.05) is 13.8 Å². The Morgan fingerprint density at radius 1 is 1.64 bits per heavy atom. The molecule has 0 aromatic carbocycles. The lowest BCUT2D eigenvalue weighted by Gasteiger charge is -2.06. The lowest BCUT2D eigenvalue weighted by Crippen LogP contribution is -2.06. The Bertz CT molecular complexity index is 237. The number of ether oxygens (including phenoxy) is 1. The molecule has 0 atom stereocenters. The maximum Gasteiger partial charge on any atom is 0.223 e. The van der Waals surface area contributed by atoms with Crippen LogP contribution in [-0.4, -0.2) is 11.1 Å². The van der Waals surface area contributed by atoms with E-state index >= 15 is 0 Å². The Balaban J connectivity index is 2.71. The van der Waals surface area contributed by atoms with Crippen LogP contribution in [0, 0.1) is 6.07 Å². The summed E-state index contributed by atoms with van der Waals surface area (Å²) in [5.74, 6) is 0.451. The first-order valence-corrected chi connectivity index (χ1v) is 3.77. The molecule has 0 spiro atoms. The smallest absolute Gasteiger partial charge is 0.223 e. The van der Waals surface area contributed by atoms with Gasteiger partial charge in [-0.05, 0) is 26.0 Å². The van der Waals surface area contributed by atoms with Crippen molar-refractivity contribution in [3.63, 3.8) is 0 Å². The van der Waals surface area contributed by atoms with Crippen LogP contribution in [0.3, 0.4) is 0 Å². The lowest BCUT2D eigenvalue weighted by atomic mass is 10.4. The molecule has 0 aliphatic heterocycles. The van der Waals surface area contributed by atoms with Gasteiger partial charge >= 0.3 is 0 Å². The van der Waals surface area contributed by atoms with Crippen LogP contribution < -0.4 is 4.74 Å². The Hall–Kier alpha value is -0.760. The maximum absolute atomic E-state index is 5.62. The number of rotatable bonds is 2. The number of pyridine rings is 1. The molecule has 0 fully saturated rings. The summed E-state index contributed by atoms with van der Waals surface area (Å²) >= 11 is 5.62. The standard InChI is InChI=1S/C8H9ClNO/c1-6(2)11-8-5-3-4-7(9)10-8/h3-4,6H,1-2H3. The first kappa shape index (κ1) is 8.34. The molecule has 1 aromatic rings. The molecule has 0 saturated carbocycles. The predicted octanol–water partition coefficient (Wildman–Crippen LogP) is 2.32. The van der Waals surface area contributed by atoms with Gasteiger partial charge in [0.2, 0.25) is 5.88 Å². The second kappa shape index (κ2) is 3.58. The van der Waals surface area contributed by atoms with Crippen LogP contribution >= 0.6 is 11.6 Å². The largest absolute Gasteiger partial charge is 0.474 e. The second-order valence-electron chi connectivity index (χ2n) is 2.38. The molecule has 1 radical (unpaired) electrons. The van der Waals surface area contributed by atoms with Gasteiger partial charge in [-0.25, -0.2) is 4.98 Å². The van der Waals surface area contributed by atoms with Crippen molar-refractivity contribution in [3.8, 4) is 5.88 Å². The van der Waals surface area contributed by atoms with Crippen LogP contribution in [0.15, 0.2) is 12.1 Å². The minimum Gasteiger partial charge on any atom is -0.474 e. The third kappa shape index (κ3) is 2.76. The zero-order valence-corrected chi connectivity index (χ0v) is 7.22. The van der Waals surface area contributed by atoms with E-state index in [0.29, 0.717) is 11.0 Å². The average molecular weight is 171 g/mol. The second-order valence-corrected chi connectivity index (χ2v) is 2.77. The summed E-state index contributed by atoms with van der Waals surface area (Å²) in [7, 11) is 0. The zero-order valence-electron chi connectivity index (χ0n) is 6.47. The van der Waals surface area contributed by atoms with Crippen molar-refractivity contribution in [3.05, 3.63) is 23.4 Å². The van der Waals surface area contributed by atoms with E-state index in [2.05, 4.69) is 11.1 Å². The highest BCUT2D eigenvalue weighted by Crippen LogP contribution is 2.11. The molecule has 59 valence electrons.